The zero-order valence-electron chi connectivity index (χ0n) is 15.7. The van der Waals surface area contributed by atoms with Gasteiger partial charge in [-0.25, -0.2) is 0 Å². The van der Waals surface area contributed by atoms with Gasteiger partial charge in [-0.05, 0) is 52.0 Å². The van der Waals surface area contributed by atoms with Crippen molar-refractivity contribution in [2.45, 2.75) is 13.3 Å². The van der Waals surface area contributed by atoms with Gasteiger partial charge in [0.15, 0.2) is 0 Å². The average molecular weight is 375 g/mol. The number of methoxy groups -OCH3 is 2. The summed E-state index contributed by atoms with van der Waals surface area (Å²) in [6, 6.07) is 19.0. The number of rotatable bonds is 5. The topological polar surface area (TPSA) is 31.4 Å². The third-order valence-electron chi connectivity index (χ3n) is 4.87. The second-order valence-electron chi connectivity index (χ2n) is 6.36. The third kappa shape index (κ3) is 3.17. The number of nitrogens with zero attached hydrogens (tertiary/aromatic N) is 1. The van der Waals surface area contributed by atoms with Gasteiger partial charge in [0.1, 0.15) is 11.5 Å². The number of benzene rings is 3. The van der Waals surface area contributed by atoms with Crippen molar-refractivity contribution in [2.75, 3.05) is 14.2 Å². The Kier molecular flexibility index (Phi) is 4.82. The molecule has 136 valence electrons. The zero-order chi connectivity index (χ0) is 18.8. The van der Waals surface area contributed by atoms with Crippen molar-refractivity contribution in [3.63, 3.8) is 0 Å². The van der Waals surface area contributed by atoms with E-state index in [-0.39, 0.29) is 0 Å². The van der Waals surface area contributed by atoms with Gasteiger partial charge >= 0.3 is 0 Å². The average Bonchev–Trinajstić information content (AvgIpc) is 3.22. The quantitative estimate of drug-likeness (QED) is 0.415. The van der Waals surface area contributed by atoms with E-state index in [1.54, 1.807) is 14.2 Å². The van der Waals surface area contributed by atoms with Crippen LogP contribution in [-0.4, -0.2) is 18.6 Å². The first kappa shape index (κ1) is 17.6. The minimum Gasteiger partial charge on any atom is -0.496 e. The summed E-state index contributed by atoms with van der Waals surface area (Å²) in [5, 5.41) is 4.57. The summed E-state index contributed by atoms with van der Waals surface area (Å²) in [5.41, 5.74) is 5.37. The number of fused-ring (bicyclic) bond motifs is 1. The Labute approximate surface area is 163 Å². The molecule has 0 aliphatic rings. The minimum absolute atomic E-state index is 0.775. The van der Waals surface area contributed by atoms with Crippen LogP contribution in [0.3, 0.4) is 0 Å². The molecular formula is C23H21NO2S. The van der Waals surface area contributed by atoms with Gasteiger partial charge in [0.25, 0.3) is 0 Å². The molecule has 0 N–H and O–H groups in total. The van der Waals surface area contributed by atoms with Crippen molar-refractivity contribution >= 4 is 22.3 Å². The molecule has 0 fully saturated rings. The fraction of sp³-hybridized carbons (Fsp3) is 0.174. The highest BCUT2D eigenvalue weighted by molar-refractivity contribution is 7.04. The van der Waals surface area contributed by atoms with E-state index in [0.717, 1.165) is 45.9 Å². The Morgan fingerprint density at radius 3 is 2.37 bits per heavy atom. The number of aromatic nitrogens is 1. The highest BCUT2D eigenvalue weighted by Gasteiger charge is 2.18. The molecule has 0 radical (unpaired) electrons. The molecule has 4 rings (SSSR count). The predicted molar refractivity (Wildman–Crippen MR) is 113 cm³/mol. The third-order valence-corrected chi connectivity index (χ3v) is 5.50. The van der Waals surface area contributed by atoms with Crippen LogP contribution in [0.15, 0.2) is 60.0 Å². The maximum absolute atomic E-state index is 5.66. The van der Waals surface area contributed by atoms with Gasteiger partial charge < -0.3 is 9.47 Å². The van der Waals surface area contributed by atoms with E-state index in [0.29, 0.717) is 0 Å². The summed E-state index contributed by atoms with van der Waals surface area (Å²) in [7, 11) is 3.38. The van der Waals surface area contributed by atoms with Crippen LogP contribution in [0.5, 0.6) is 11.5 Å². The van der Waals surface area contributed by atoms with Gasteiger partial charge in [0.2, 0.25) is 0 Å². The Morgan fingerprint density at radius 2 is 1.63 bits per heavy atom. The minimum atomic E-state index is 0.775. The van der Waals surface area contributed by atoms with E-state index in [1.807, 2.05) is 6.07 Å². The Bertz CT molecular complexity index is 1100. The molecule has 27 heavy (non-hydrogen) atoms. The van der Waals surface area contributed by atoms with Gasteiger partial charge in [0, 0.05) is 22.6 Å². The lowest BCUT2D eigenvalue weighted by molar-refractivity contribution is 0.392. The van der Waals surface area contributed by atoms with Gasteiger partial charge in [0.05, 0.1) is 19.9 Å². The summed E-state index contributed by atoms with van der Waals surface area (Å²) in [6.45, 7) is 2.12. The van der Waals surface area contributed by atoms with E-state index >= 15 is 0 Å². The number of ether oxygens (including phenoxy) is 2. The highest BCUT2D eigenvalue weighted by Crippen LogP contribution is 2.41. The normalized spacial score (nSPS) is 10.9. The Morgan fingerprint density at radius 1 is 0.852 bits per heavy atom. The van der Waals surface area contributed by atoms with Crippen LogP contribution in [0.4, 0.5) is 0 Å². The second-order valence-corrected chi connectivity index (χ2v) is 6.99. The molecule has 0 aliphatic carbocycles. The molecule has 3 aromatic carbocycles. The van der Waals surface area contributed by atoms with Crippen LogP contribution in [0.2, 0.25) is 0 Å². The van der Waals surface area contributed by atoms with Gasteiger partial charge in [-0.2, -0.15) is 4.37 Å². The lowest BCUT2D eigenvalue weighted by Crippen LogP contribution is -1.96. The standard InChI is InChI=1S/C23H21NO2S/c1-4-15-12-19(22(26-3)13-21(15)25-2)23-20(14-27-24-23)18-10-9-16-7-5-6-8-17(16)11-18/h5-14H,4H2,1-3H3. The van der Waals surface area contributed by atoms with Crippen molar-refractivity contribution < 1.29 is 9.47 Å². The predicted octanol–water partition coefficient (Wildman–Crippen LogP) is 6.21. The van der Waals surface area contributed by atoms with Crippen LogP contribution < -0.4 is 9.47 Å². The molecule has 0 saturated carbocycles. The van der Waals surface area contributed by atoms with E-state index in [2.05, 4.69) is 60.8 Å². The summed E-state index contributed by atoms with van der Waals surface area (Å²) in [5.74, 6) is 1.62. The van der Waals surface area contributed by atoms with Crippen LogP contribution in [0.25, 0.3) is 33.2 Å². The lowest BCUT2D eigenvalue weighted by atomic mass is 9.97. The molecule has 0 amide bonds. The molecule has 4 aromatic rings. The smallest absolute Gasteiger partial charge is 0.132 e. The maximum atomic E-state index is 5.66. The Balaban J connectivity index is 1.88. The molecule has 0 saturated heterocycles. The molecular weight excluding hydrogens is 354 g/mol. The molecule has 1 aromatic heterocycles. The van der Waals surface area contributed by atoms with Gasteiger partial charge in [-0.15, -0.1) is 0 Å². The zero-order valence-corrected chi connectivity index (χ0v) is 16.5. The van der Waals surface area contributed by atoms with Crippen molar-refractivity contribution in [1.82, 2.24) is 4.37 Å². The number of hydrogen-bond acceptors (Lipinski definition) is 4. The molecule has 4 heteroatoms. The fourth-order valence-corrected chi connectivity index (χ4v) is 4.13. The molecule has 0 unspecified atom stereocenters. The van der Waals surface area contributed by atoms with Crippen molar-refractivity contribution in [3.8, 4) is 33.9 Å². The second kappa shape index (κ2) is 7.41. The Hall–Kier alpha value is -2.85. The SMILES string of the molecule is CCc1cc(-c2nscc2-c2ccc3ccccc3c2)c(OC)cc1OC. The monoisotopic (exact) mass is 375 g/mol. The van der Waals surface area contributed by atoms with Crippen LogP contribution in [-0.2, 0) is 6.42 Å². The summed E-state index contributed by atoms with van der Waals surface area (Å²) in [4.78, 5) is 0. The highest BCUT2D eigenvalue weighted by atomic mass is 32.1. The first-order valence-electron chi connectivity index (χ1n) is 8.94. The van der Waals surface area contributed by atoms with Crippen LogP contribution in [0.1, 0.15) is 12.5 Å². The maximum Gasteiger partial charge on any atom is 0.132 e. The van der Waals surface area contributed by atoms with Crippen LogP contribution in [0, 0.1) is 0 Å². The van der Waals surface area contributed by atoms with Crippen molar-refractivity contribution in [3.05, 3.63) is 65.5 Å². The summed E-state index contributed by atoms with van der Waals surface area (Å²) >= 11 is 1.47. The van der Waals surface area contributed by atoms with Crippen molar-refractivity contribution in [1.29, 1.82) is 0 Å². The van der Waals surface area contributed by atoms with Gasteiger partial charge in [-0.3, -0.25) is 0 Å². The summed E-state index contributed by atoms with van der Waals surface area (Å²) < 4.78 is 15.9. The van der Waals surface area contributed by atoms with Gasteiger partial charge in [-0.1, -0.05) is 43.3 Å². The number of aryl methyl sites for hydroxylation is 1. The lowest BCUT2D eigenvalue weighted by Gasteiger charge is -2.14. The number of hydrogen-bond donors (Lipinski definition) is 0. The molecule has 0 atom stereocenters. The van der Waals surface area contributed by atoms with Crippen molar-refractivity contribution in [2.24, 2.45) is 0 Å². The molecule has 0 aliphatic heterocycles. The van der Waals surface area contributed by atoms with Crippen LogP contribution >= 0.6 is 11.5 Å². The largest absolute Gasteiger partial charge is 0.496 e. The first-order chi connectivity index (χ1) is 13.2. The van der Waals surface area contributed by atoms with E-state index in [9.17, 15) is 0 Å². The molecule has 3 nitrogen and oxygen atoms in total. The van der Waals surface area contributed by atoms with E-state index in [1.165, 1.54) is 22.3 Å². The van der Waals surface area contributed by atoms with E-state index < -0.39 is 0 Å². The fourth-order valence-electron chi connectivity index (χ4n) is 3.42. The molecule has 0 spiro atoms. The molecule has 1 heterocycles. The first-order valence-corrected chi connectivity index (χ1v) is 9.77. The summed E-state index contributed by atoms with van der Waals surface area (Å²) in [6.07, 6.45) is 0.885. The van der Waals surface area contributed by atoms with E-state index in [4.69, 9.17) is 13.8 Å². The molecule has 0 bridgehead atoms.